The molecule has 1 unspecified atom stereocenters. The van der Waals surface area contributed by atoms with Gasteiger partial charge in [0.15, 0.2) is 11.9 Å². The summed E-state index contributed by atoms with van der Waals surface area (Å²) in [6.45, 7) is 1.02. The molecule has 0 radical (unpaired) electrons. The van der Waals surface area contributed by atoms with Crippen molar-refractivity contribution in [2.24, 2.45) is 5.92 Å². The van der Waals surface area contributed by atoms with Crippen molar-refractivity contribution in [3.8, 4) is 0 Å². The number of hydrogen-bond acceptors (Lipinski definition) is 4. The minimum absolute atomic E-state index is 0.0638. The summed E-state index contributed by atoms with van der Waals surface area (Å²) in [5.41, 5.74) is 2.11. The van der Waals surface area contributed by atoms with Gasteiger partial charge in [0.25, 0.3) is 5.91 Å². The molecule has 0 spiro atoms. The molecule has 0 aromatic heterocycles. The number of fused-ring (bicyclic) bond motifs is 1. The van der Waals surface area contributed by atoms with Crippen molar-refractivity contribution < 1.29 is 19.1 Å². The van der Waals surface area contributed by atoms with Crippen LogP contribution < -0.4 is 0 Å². The molecule has 0 saturated carbocycles. The first kappa shape index (κ1) is 17.5. The molecule has 5 nitrogen and oxygen atoms in total. The smallest absolute Gasteiger partial charge is 0.339 e. The van der Waals surface area contributed by atoms with Crippen molar-refractivity contribution >= 4 is 17.7 Å². The number of carbonyl (C=O) groups excluding carboxylic acids is 3. The van der Waals surface area contributed by atoms with Crippen molar-refractivity contribution in [1.82, 2.24) is 4.90 Å². The summed E-state index contributed by atoms with van der Waals surface area (Å²) in [7, 11) is 0. The van der Waals surface area contributed by atoms with Gasteiger partial charge in [-0.3, -0.25) is 9.59 Å². The third-order valence-corrected chi connectivity index (χ3v) is 5.40. The van der Waals surface area contributed by atoms with Gasteiger partial charge in [-0.15, -0.1) is 0 Å². The van der Waals surface area contributed by atoms with Gasteiger partial charge in [-0.25, -0.2) is 4.79 Å². The molecular weight excluding hydrogens is 342 g/mol. The molecule has 2 aliphatic rings. The minimum atomic E-state index is -0.770. The summed E-state index contributed by atoms with van der Waals surface area (Å²) < 4.78 is 5.37. The number of likely N-dealkylation sites (tertiary alicyclic amines) is 1. The summed E-state index contributed by atoms with van der Waals surface area (Å²) in [4.78, 5) is 39.3. The quantitative estimate of drug-likeness (QED) is 0.621. The molecule has 4 rings (SSSR count). The molecule has 5 heteroatoms. The van der Waals surface area contributed by atoms with Crippen LogP contribution in [0.2, 0.25) is 0 Å². The zero-order chi connectivity index (χ0) is 18.8. The number of ketones is 1. The molecule has 2 aromatic rings. The summed E-state index contributed by atoms with van der Waals surface area (Å²) in [5, 5.41) is 0. The van der Waals surface area contributed by atoms with Gasteiger partial charge in [-0.05, 0) is 24.5 Å². The molecule has 1 atom stereocenters. The largest absolute Gasteiger partial charge is 0.448 e. The van der Waals surface area contributed by atoms with E-state index in [0.717, 1.165) is 11.1 Å². The highest BCUT2D eigenvalue weighted by atomic mass is 16.5. The van der Waals surface area contributed by atoms with Gasteiger partial charge in [-0.2, -0.15) is 0 Å². The lowest BCUT2D eigenvalue weighted by atomic mass is 9.88. The third-order valence-electron chi connectivity index (χ3n) is 5.40. The molecule has 27 heavy (non-hydrogen) atoms. The summed E-state index contributed by atoms with van der Waals surface area (Å²) in [5.74, 6) is -0.528. The van der Waals surface area contributed by atoms with Crippen molar-refractivity contribution in [1.29, 1.82) is 0 Å². The van der Waals surface area contributed by atoms with E-state index < -0.39 is 12.1 Å². The van der Waals surface area contributed by atoms with E-state index in [0.29, 0.717) is 37.9 Å². The monoisotopic (exact) mass is 363 g/mol. The number of nitrogens with zero attached hydrogens (tertiary/aromatic N) is 1. The summed E-state index contributed by atoms with van der Waals surface area (Å²) in [6.07, 6.45) is 0.908. The molecule has 0 N–H and O–H groups in total. The van der Waals surface area contributed by atoms with Crippen LogP contribution in [0.3, 0.4) is 0 Å². The highest BCUT2D eigenvalue weighted by molar-refractivity contribution is 5.98. The first-order chi connectivity index (χ1) is 13.1. The minimum Gasteiger partial charge on any atom is -0.448 e. The van der Waals surface area contributed by atoms with Crippen molar-refractivity contribution in [3.63, 3.8) is 0 Å². The SMILES string of the molecule is O=C1OC(C(=O)N2CCC(C(=O)c3ccccc3)CC2)Cc2ccccc21. The molecule has 2 aromatic carbocycles. The fourth-order valence-electron chi connectivity index (χ4n) is 3.87. The number of cyclic esters (lactones) is 1. The van der Waals surface area contributed by atoms with Crippen molar-refractivity contribution in [2.75, 3.05) is 13.1 Å². The van der Waals surface area contributed by atoms with E-state index in [4.69, 9.17) is 4.74 Å². The van der Waals surface area contributed by atoms with Crippen LogP contribution >= 0.6 is 0 Å². The number of piperidine rings is 1. The Balaban J connectivity index is 1.38. The van der Waals surface area contributed by atoms with Gasteiger partial charge in [0, 0.05) is 31.0 Å². The molecule has 1 amide bonds. The fraction of sp³-hybridized carbons (Fsp3) is 0.318. The summed E-state index contributed by atoms with van der Waals surface area (Å²) >= 11 is 0. The Morgan fingerprint density at radius 3 is 2.33 bits per heavy atom. The number of hydrogen-bond donors (Lipinski definition) is 0. The van der Waals surface area contributed by atoms with Crippen molar-refractivity contribution in [2.45, 2.75) is 25.4 Å². The van der Waals surface area contributed by atoms with Crippen LogP contribution in [0.5, 0.6) is 0 Å². The van der Waals surface area contributed by atoms with E-state index in [2.05, 4.69) is 0 Å². The van der Waals surface area contributed by atoms with Gasteiger partial charge in [-0.1, -0.05) is 48.5 Å². The Morgan fingerprint density at radius 1 is 0.926 bits per heavy atom. The predicted octanol–water partition coefficient (Wildman–Crippen LogP) is 2.89. The van der Waals surface area contributed by atoms with Crippen LogP contribution in [-0.4, -0.2) is 41.8 Å². The van der Waals surface area contributed by atoms with Crippen LogP contribution in [0.15, 0.2) is 54.6 Å². The average molecular weight is 363 g/mol. The molecule has 0 aliphatic carbocycles. The third kappa shape index (κ3) is 3.50. The van der Waals surface area contributed by atoms with E-state index in [-0.39, 0.29) is 17.6 Å². The number of ether oxygens (including phenoxy) is 1. The molecule has 2 heterocycles. The first-order valence-electron chi connectivity index (χ1n) is 9.30. The number of rotatable bonds is 3. The molecular formula is C22H21NO4. The van der Waals surface area contributed by atoms with Gasteiger partial charge < -0.3 is 9.64 Å². The Morgan fingerprint density at radius 2 is 1.59 bits per heavy atom. The molecule has 138 valence electrons. The Kier molecular flexibility index (Phi) is 4.75. The van der Waals surface area contributed by atoms with Crippen LogP contribution in [0.4, 0.5) is 0 Å². The van der Waals surface area contributed by atoms with Gasteiger partial charge >= 0.3 is 5.97 Å². The second-order valence-electron chi connectivity index (χ2n) is 7.09. The van der Waals surface area contributed by atoms with E-state index in [1.54, 1.807) is 17.0 Å². The maximum atomic E-state index is 12.8. The lowest BCUT2D eigenvalue weighted by molar-refractivity contribution is -0.142. The Bertz CT molecular complexity index is 869. The average Bonchev–Trinajstić information content (AvgIpc) is 2.73. The van der Waals surface area contributed by atoms with E-state index in [9.17, 15) is 14.4 Å². The van der Waals surface area contributed by atoms with Gasteiger partial charge in [0.05, 0.1) is 5.56 Å². The van der Waals surface area contributed by atoms with Crippen LogP contribution in [0.1, 0.15) is 39.1 Å². The van der Waals surface area contributed by atoms with Crippen LogP contribution in [0.25, 0.3) is 0 Å². The highest BCUT2D eigenvalue weighted by Crippen LogP contribution is 2.25. The Hall–Kier alpha value is -2.95. The fourth-order valence-corrected chi connectivity index (χ4v) is 3.87. The highest BCUT2D eigenvalue weighted by Gasteiger charge is 2.36. The topological polar surface area (TPSA) is 63.7 Å². The van der Waals surface area contributed by atoms with Gasteiger partial charge in [0.2, 0.25) is 0 Å². The maximum Gasteiger partial charge on any atom is 0.339 e. The standard InChI is InChI=1S/C22H21NO4/c24-20(15-6-2-1-3-7-15)16-10-12-23(13-11-16)21(25)19-14-17-8-4-5-9-18(17)22(26)27-19/h1-9,16,19H,10-14H2. The van der Waals surface area contributed by atoms with E-state index in [1.165, 1.54) is 0 Å². The number of esters is 1. The molecule has 1 fully saturated rings. The zero-order valence-corrected chi connectivity index (χ0v) is 15.0. The zero-order valence-electron chi connectivity index (χ0n) is 15.0. The second-order valence-corrected chi connectivity index (χ2v) is 7.09. The van der Waals surface area contributed by atoms with E-state index >= 15 is 0 Å². The normalized spacial score (nSPS) is 19.9. The summed E-state index contributed by atoms with van der Waals surface area (Å²) in [6, 6.07) is 16.5. The second kappa shape index (κ2) is 7.35. The maximum absolute atomic E-state index is 12.8. The predicted molar refractivity (Wildman–Crippen MR) is 99.4 cm³/mol. The van der Waals surface area contributed by atoms with E-state index in [1.807, 2.05) is 42.5 Å². The number of benzene rings is 2. The molecule has 1 saturated heterocycles. The number of carbonyl (C=O) groups is 3. The number of Topliss-reactive ketones (excluding diaryl/α,β-unsaturated/α-hetero) is 1. The van der Waals surface area contributed by atoms with Crippen LogP contribution in [-0.2, 0) is 16.0 Å². The van der Waals surface area contributed by atoms with Crippen molar-refractivity contribution in [3.05, 3.63) is 71.3 Å². The lowest BCUT2D eigenvalue weighted by Crippen LogP contribution is -2.48. The first-order valence-corrected chi connectivity index (χ1v) is 9.30. The number of amides is 1. The Labute approximate surface area is 157 Å². The molecule has 2 aliphatic heterocycles. The lowest BCUT2D eigenvalue weighted by Gasteiger charge is -2.34. The molecule has 0 bridgehead atoms. The van der Waals surface area contributed by atoms with Crippen LogP contribution in [0, 0.1) is 5.92 Å². The van der Waals surface area contributed by atoms with Gasteiger partial charge in [0.1, 0.15) is 0 Å².